The van der Waals surface area contributed by atoms with Gasteiger partial charge in [-0.15, -0.1) is 0 Å². The first kappa shape index (κ1) is 15.5. The summed E-state index contributed by atoms with van der Waals surface area (Å²) in [5.41, 5.74) is -1.10. The standard InChI is InChI=1S/C11H10BrF3N2O2/c1-2-19-10(18)9(16-17-12)7-4-3-5-8(6-7)11(13,14)15/h3-6,17H,2H2,1H3/b16-9-. The topological polar surface area (TPSA) is 50.7 Å². The van der Waals surface area contributed by atoms with Crippen LogP contribution >= 0.6 is 16.1 Å². The van der Waals surface area contributed by atoms with Crippen LogP contribution < -0.4 is 4.45 Å². The zero-order valence-electron chi connectivity index (χ0n) is 9.79. The molecule has 0 unspecified atom stereocenters. The fraction of sp³-hybridized carbons (Fsp3) is 0.273. The fourth-order valence-corrected chi connectivity index (χ4v) is 1.49. The maximum absolute atomic E-state index is 12.6. The largest absolute Gasteiger partial charge is 0.461 e. The molecule has 1 aromatic rings. The summed E-state index contributed by atoms with van der Waals surface area (Å²) in [5.74, 6) is -0.811. The van der Waals surface area contributed by atoms with Gasteiger partial charge in [-0.1, -0.05) is 12.1 Å². The van der Waals surface area contributed by atoms with Crippen LogP contribution in [-0.4, -0.2) is 18.3 Å². The summed E-state index contributed by atoms with van der Waals surface area (Å²) in [5, 5.41) is 3.58. The molecule has 0 fully saturated rings. The van der Waals surface area contributed by atoms with E-state index < -0.39 is 17.7 Å². The first-order chi connectivity index (χ1) is 8.90. The van der Waals surface area contributed by atoms with E-state index in [1.165, 1.54) is 12.1 Å². The molecule has 4 nitrogen and oxygen atoms in total. The molecule has 104 valence electrons. The molecule has 1 N–H and O–H groups in total. The Bertz CT molecular complexity index is 489. The Morgan fingerprint density at radius 3 is 2.68 bits per heavy atom. The number of hydrazone groups is 1. The van der Waals surface area contributed by atoms with Crippen LogP contribution in [-0.2, 0) is 15.7 Å². The lowest BCUT2D eigenvalue weighted by molar-refractivity contribution is -0.138. The summed E-state index contributed by atoms with van der Waals surface area (Å²) in [6, 6.07) is 4.28. The van der Waals surface area contributed by atoms with Gasteiger partial charge < -0.3 is 4.74 Å². The van der Waals surface area contributed by atoms with Crippen molar-refractivity contribution in [3.63, 3.8) is 0 Å². The van der Waals surface area contributed by atoms with Crippen molar-refractivity contribution in [2.24, 2.45) is 5.10 Å². The van der Waals surface area contributed by atoms with Crippen LogP contribution in [0.1, 0.15) is 18.1 Å². The highest BCUT2D eigenvalue weighted by molar-refractivity contribution is 9.08. The van der Waals surface area contributed by atoms with Gasteiger partial charge in [-0.25, -0.2) is 9.25 Å². The van der Waals surface area contributed by atoms with Gasteiger partial charge in [-0.2, -0.15) is 18.3 Å². The Kier molecular flexibility index (Phi) is 5.34. The van der Waals surface area contributed by atoms with Crippen molar-refractivity contribution in [2.45, 2.75) is 13.1 Å². The molecule has 1 rings (SSSR count). The number of nitrogens with zero attached hydrogens (tertiary/aromatic N) is 1. The van der Waals surface area contributed by atoms with Crippen LogP contribution in [0.4, 0.5) is 13.2 Å². The normalized spacial score (nSPS) is 12.2. The Balaban J connectivity index is 3.18. The number of benzene rings is 1. The van der Waals surface area contributed by atoms with Crippen LogP contribution in [0, 0.1) is 0 Å². The van der Waals surface area contributed by atoms with Gasteiger partial charge in [0.05, 0.1) is 28.3 Å². The van der Waals surface area contributed by atoms with Crippen LogP contribution in [0.5, 0.6) is 0 Å². The molecular weight excluding hydrogens is 329 g/mol. The number of rotatable bonds is 4. The molecule has 8 heteroatoms. The van der Waals surface area contributed by atoms with Crippen molar-refractivity contribution in [3.05, 3.63) is 35.4 Å². The highest BCUT2D eigenvalue weighted by Crippen LogP contribution is 2.29. The summed E-state index contributed by atoms with van der Waals surface area (Å²) in [6.45, 7) is 1.68. The number of hydrogen-bond acceptors (Lipinski definition) is 4. The third-order valence-corrected chi connectivity index (χ3v) is 2.26. The van der Waals surface area contributed by atoms with Crippen molar-refractivity contribution in [2.75, 3.05) is 6.61 Å². The Morgan fingerprint density at radius 2 is 2.16 bits per heavy atom. The van der Waals surface area contributed by atoms with Gasteiger partial charge in [0, 0.05) is 5.56 Å². The van der Waals surface area contributed by atoms with Gasteiger partial charge in [0.1, 0.15) is 0 Å². The van der Waals surface area contributed by atoms with Gasteiger partial charge in [-0.3, -0.25) is 0 Å². The number of carbonyl (C=O) groups excluding carboxylic acids is 1. The van der Waals surface area contributed by atoms with Gasteiger partial charge in [0.25, 0.3) is 0 Å². The van der Waals surface area contributed by atoms with Crippen LogP contribution in [0.25, 0.3) is 0 Å². The van der Waals surface area contributed by atoms with E-state index in [1.54, 1.807) is 6.92 Å². The zero-order valence-corrected chi connectivity index (χ0v) is 11.4. The van der Waals surface area contributed by atoms with Crippen molar-refractivity contribution < 1.29 is 22.7 Å². The predicted octanol–water partition coefficient (Wildman–Crippen LogP) is 2.87. The lowest BCUT2D eigenvalue weighted by atomic mass is 10.1. The monoisotopic (exact) mass is 338 g/mol. The van der Waals surface area contributed by atoms with Gasteiger partial charge in [-0.05, 0) is 19.1 Å². The number of esters is 1. The van der Waals surface area contributed by atoms with Gasteiger partial charge in [0.2, 0.25) is 0 Å². The third kappa shape index (κ3) is 4.23. The molecule has 0 atom stereocenters. The molecule has 0 aliphatic rings. The lowest BCUT2D eigenvalue weighted by Gasteiger charge is -2.09. The third-order valence-electron chi connectivity index (χ3n) is 2.09. The van der Waals surface area contributed by atoms with Crippen molar-refractivity contribution in [1.82, 2.24) is 4.45 Å². The van der Waals surface area contributed by atoms with Crippen LogP contribution in [0.15, 0.2) is 29.4 Å². The Labute approximate surface area is 116 Å². The second kappa shape index (κ2) is 6.55. The Hall–Kier alpha value is -1.57. The molecule has 19 heavy (non-hydrogen) atoms. The predicted molar refractivity (Wildman–Crippen MR) is 66.7 cm³/mol. The lowest BCUT2D eigenvalue weighted by Crippen LogP contribution is -2.21. The SMILES string of the molecule is CCOC(=O)/C(=N\NBr)c1cccc(C(F)(F)F)c1. The molecule has 0 aromatic heterocycles. The molecule has 0 radical (unpaired) electrons. The van der Waals surface area contributed by atoms with E-state index >= 15 is 0 Å². The number of ether oxygens (including phenoxy) is 1. The van der Waals surface area contributed by atoms with Gasteiger partial charge in [0.15, 0.2) is 5.71 Å². The zero-order chi connectivity index (χ0) is 14.5. The number of alkyl halides is 3. The minimum atomic E-state index is -4.49. The summed E-state index contributed by atoms with van der Waals surface area (Å²) in [6.07, 6.45) is -4.49. The van der Waals surface area contributed by atoms with Crippen molar-refractivity contribution in [1.29, 1.82) is 0 Å². The summed E-state index contributed by atoms with van der Waals surface area (Å²) in [4.78, 5) is 11.6. The second-order valence-corrected chi connectivity index (χ2v) is 3.70. The minimum absolute atomic E-state index is 0.0141. The average Bonchev–Trinajstić information content (AvgIpc) is 2.35. The van der Waals surface area contributed by atoms with E-state index in [0.29, 0.717) is 0 Å². The maximum Gasteiger partial charge on any atom is 0.416 e. The molecule has 0 heterocycles. The van der Waals surface area contributed by atoms with Gasteiger partial charge >= 0.3 is 12.1 Å². The fourth-order valence-electron chi connectivity index (χ4n) is 1.31. The summed E-state index contributed by atoms with van der Waals surface area (Å²) < 4.78 is 44.7. The van der Waals surface area contributed by atoms with E-state index in [2.05, 4.69) is 25.7 Å². The van der Waals surface area contributed by atoms with Crippen molar-refractivity contribution in [3.8, 4) is 0 Å². The molecule has 0 amide bonds. The molecule has 0 aliphatic carbocycles. The molecule has 0 bridgehead atoms. The van der Waals surface area contributed by atoms with Crippen LogP contribution in [0.2, 0.25) is 0 Å². The number of carbonyl (C=O) groups is 1. The summed E-state index contributed by atoms with van der Waals surface area (Å²) >= 11 is 2.76. The van der Waals surface area contributed by atoms with E-state index in [-0.39, 0.29) is 17.9 Å². The smallest absolute Gasteiger partial charge is 0.416 e. The first-order valence-electron chi connectivity index (χ1n) is 5.18. The highest BCUT2D eigenvalue weighted by atomic mass is 79.9. The van der Waals surface area contributed by atoms with E-state index in [4.69, 9.17) is 4.74 Å². The van der Waals surface area contributed by atoms with E-state index in [9.17, 15) is 18.0 Å². The molecule has 1 aromatic carbocycles. The Morgan fingerprint density at radius 1 is 1.47 bits per heavy atom. The second-order valence-electron chi connectivity index (χ2n) is 3.34. The number of hydrogen-bond donors (Lipinski definition) is 1. The number of halogens is 4. The molecule has 0 saturated carbocycles. The molecule has 0 spiro atoms. The first-order valence-corrected chi connectivity index (χ1v) is 5.97. The maximum atomic E-state index is 12.6. The van der Waals surface area contributed by atoms with Crippen LogP contribution in [0.3, 0.4) is 0 Å². The van der Waals surface area contributed by atoms with E-state index in [0.717, 1.165) is 12.1 Å². The molecule has 0 aliphatic heterocycles. The minimum Gasteiger partial charge on any atom is -0.461 e. The molecule has 0 saturated heterocycles. The number of nitrogens with one attached hydrogen (secondary N) is 1. The average molecular weight is 339 g/mol. The molecular formula is C11H10BrF3N2O2. The van der Waals surface area contributed by atoms with Crippen molar-refractivity contribution >= 4 is 27.8 Å². The quantitative estimate of drug-likeness (QED) is 0.397. The summed E-state index contributed by atoms with van der Waals surface area (Å²) in [7, 11) is 0. The highest BCUT2D eigenvalue weighted by Gasteiger charge is 2.31. The van der Waals surface area contributed by atoms with E-state index in [1.807, 2.05) is 0 Å².